The smallest absolute Gasteiger partial charge is 0.238 e. The van der Waals surface area contributed by atoms with Gasteiger partial charge in [0, 0.05) is 26.2 Å². The topological polar surface area (TPSA) is 53.2 Å². The van der Waals surface area contributed by atoms with Crippen LogP contribution in [-0.4, -0.2) is 38.1 Å². The summed E-state index contributed by atoms with van der Waals surface area (Å²) in [6.45, 7) is 5.31. The van der Waals surface area contributed by atoms with Gasteiger partial charge in [0.15, 0.2) is 0 Å². The van der Waals surface area contributed by atoms with Crippen LogP contribution in [0.5, 0.6) is 0 Å². The van der Waals surface area contributed by atoms with E-state index >= 15 is 0 Å². The largest absolute Gasteiger partial charge is 0.354 e. The van der Waals surface area contributed by atoms with Crippen molar-refractivity contribution in [1.29, 1.82) is 0 Å². The molecule has 0 bridgehead atoms. The van der Waals surface area contributed by atoms with E-state index < -0.39 is 0 Å². The number of hydrogen-bond acceptors (Lipinski definition) is 3. The summed E-state index contributed by atoms with van der Waals surface area (Å²) in [5, 5.41) is 9.43. The molecule has 3 N–H and O–H groups in total. The van der Waals surface area contributed by atoms with Gasteiger partial charge in [-0.3, -0.25) is 4.79 Å². The van der Waals surface area contributed by atoms with Crippen LogP contribution in [0.3, 0.4) is 0 Å². The lowest BCUT2D eigenvalue weighted by molar-refractivity contribution is -0.123. The van der Waals surface area contributed by atoms with Gasteiger partial charge in [0.05, 0.1) is 6.04 Å². The lowest BCUT2D eigenvalue weighted by Gasteiger charge is -2.24. The zero-order chi connectivity index (χ0) is 12.8. The fraction of sp³-hybridized carbons (Fsp3) is 0.500. The minimum absolute atomic E-state index is 0.0879. The molecule has 1 amide bonds. The molecule has 1 aliphatic heterocycles. The first kappa shape index (κ1) is 13.1. The van der Waals surface area contributed by atoms with Gasteiger partial charge in [-0.25, -0.2) is 0 Å². The monoisotopic (exact) mass is 247 g/mol. The van der Waals surface area contributed by atoms with Crippen LogP contribution < -0.4 is 16.0 Å². The van der Waals surface area contributed by atoms with Gasteiger partial charge in [-0.05, 0) is 11.5 Å². The summed E-state index contributed by atoms with van der Waals surface area (Å²) in [6.07, 6.45) is 0. The molecule has 0 aliphatic carbocycles. The molecule has 1 saturated heterocycles. The Bertz CT molecular complexity index is 374. The molecule has 2 rings (SSSR count). The quantitative estimate of drug-likeness (QED) is 0.725. The highest BCUT2D eigenvalue weighted by molar-refractivity contribution is 5.82. The molecule has 0 aromatic heterocycles. The van der Waals surface area contributed by atoms with Crippen molar-refractivity contribution in [3.05, 3.63) is 35.9 Å². The Morgan fingerprint density at radius 3 is 2.83 bits per heavy atom. The first-order chi connectivity index (χ1) is 8.77. The number of nitrogens with one attached hydrogen (secondary N) is 3. The summed E-state index contributed by atoms with van der Waals surface area (Å²) < 4.78 is 0. The van der Waals surface area contributed by atoms with Crippen LogP contribution >= 0.6 is 0 Å². The van der Waals surface area contributed by atoms with Crippen LogP contribution in [0, 0.1) is 0 Å². The summed E-state index contributed by atoms with van der Waals surface area (Å²) in [6, 6.07) is 10.2. The number of benzene rings is 1. The second kappa shape index (κ2) is 6.52. The van der Waals surface area contributed by atoms with Gasteiger partial charge in [0.2, 0.25) is 5.91 Å². The van der Waals surface area contributed by atoms with Gasteiger partial charge in [0.25, 0.3) is 0 Å². The molecule has 1 aliphatic rings. The van der Waals surface area contributed by atoms with Crippen LogP contribution in [0.2, 0.25) is 0 Å². The van der Waals surface area contributed by atoms with Crippen molar-refractivity contribution in [1.82, 2.24) is 16.0 Å². The van der Waals surface area contributed by atoms with E-state index in [9.17, 15) is 4.79 Å². The predicted octanol–water partition coefficient (Wildman–Crippen LogP) is 0.468. The third-order valence-corrected chi connectivity index (χ3v) is 3.31. The van der Waals surface area contributed by atoms with Crippen LogP contribution in [0.15, 0.2) is 30.3 Å². The van der Waals surface area contributed by atoms with E-state index in [4.69, 9.17) is 0 Å². The maximum absolute atomic E-state index is 11.9. The number of rotatable bonds is 4. The molecule has 1 fully saturated rings. The molecule has 1 aromatic carbocycles. The Balaban J connectivity index is 1.78. The molecule has 0 radical (unpaired) electrons. The Hall–Kier alpha value is -1.39. The van der Waals surface area contributed by atoms with Crippen LogP contribution in [0.25, 0.3) is 0 Å². The van der Waals surface area contributed by atoms with Crippen LogP contribution in [-0.2, 0) is 4.79 Å². The first-order valence-corrected chi connectivity index (χ1v) is 6.54. The van der Waals surface area contributed by atoms with Crippen LogP contribution in [0.1, 0.15) is 18.4 Å². The summed E-state index contributed by atoms with van der Waals surface area (Å²) in [5.41, 5.74) is 1.26. The number of piperazine rings is 1. The van der Waals surface area contributed by atoms with Crippen molar-refractivity contribution in [2.45, 2.75) is 18.9 Å². The fourth-order valence-electron chi connectivity index (χ4n) is 2.12. The summed E-state index contributed by atoms with van der Waals surface area (Å²) >= 11 is 0. The lowest BCUT2D eigenvalue weighted by atomic mass is 10.0. The second-order valence-corrected chi connectivity index (χ2v) is 4.77. The number of carbonyl (C=O) groups is 1. The third-order valence-electron chi connectivity index (χ3n) is 3.31. The fourth-order valence-corrected chi connectivity index (χ4v) is 2.12. The molecule has 2 unspecified atom stereocenters. The van der Waals surface area contributed by atoms with Crippen molar-refractivity contribution >= 4 is 5.91 Å². The van der Waals surface area contributed by atoms with Crippen LogP contribution in [0.4, 0.5) is 0 Å². The average molecular weight is 247 g/mol. The van der Waals surface area contributed by atoms with Crippen molar-refractivity contribution in [2.24, 2.45) is 0 Å². The SMILES string of the molecule is CC(CNC(=O)C1CNCCN1)c1ccccc1. The zero-order valence-electron chi connectivity index (χ0n) is 10.8. The van der Waals surface area contributed by atoms with E-state index in [1.54, 1.807) is 0 Å². The second-order valence-electron chi connectivity index (χ2n) is 4.77. The minimum atomic E-state index is -0.0956. The molecule has 0 saturated carbocycles. The lowest BCUT2D eigenvalue weighted by Crippen LogP contribution is -2.56. The standard InChI is InChI=1S/C14H21N3O/c1-11(12-5-3-2-4-6-12)9-17-14(18)13-10-15-7-8-16-13/h2-6,11,13,15-16H,7-10H2,1H3,(H,17,18). The highest BCUT2D eigenvalue weighted by atomic mass is 16.2. The third kappa shape index (κ3) is 3.55. The van der Waals surface area contributed by atoms with E-state index in [0.717, 1.165) is 13.1 Å². The summed E-state index contributed by atoms with van der Waals surface area (Å²) in [7, 11) is 0. The molecule has 4 nitrogen and oxygen atoms in total. The normalized spacial score (nSPS) is 21.3. The summed E-state index contributed by atoms with van der Waals surface area (Å²) in [5.74, 6) is 0.427. The Labute approximate surface area is 108 Å². The van der Waals surface area contributed by atoms with Gasteiger partial charge < -0.3 is 16.0 Å². The van der Waals surface area contributed by atoms with Crippen molar-refractivity contribution in [3.8, 4) is 0 Å². The first-order valence-electron chi connectivity index (χ1n) is 6.54. The highest BCUT2D eigenvalue weighted by Crippen LogP contribution is 2.12. The number of carbonyl (C=O) groups excluding carboxylic acids is 1. The van der Waals surface area contributed by atoms with Gasteiger partial charge in [0.1, 0.15) is 0 Å². The van der Waals surface area contributed by atoms with E-state index in [1.807, 2.05) is 18.2 Å². The minimum Gasteiger partial charge on any atom is -0.354 e. The van der Waals surface area contributed by atoms with Gasteiger partial charge >= 0.3 is 0 Å². The molecule has 18 heavy (non-hydrogen) atoms. The molecule has 4 heteroatoms. The molecular weight excluding hydrogens is 226 g/mol. The molecule has 1 aromatic rings. The summed E-state index contributed by atoms with van der Waals surface area (Å²) in [4.78, 5) is 11.9. The van der Waals surface area contributed by atoms with E-state index in [1.165, 1.54) is 5.56 Å². The van der Waals surface area contributed by atoms with Crippen molar-refractivity contribution in [2.75, 3.05) is 26.2 Å². The van der Waals surface area contributed by atoms with Gasteiger partial charge in [-0.2, -0.15) is 0 Å². The molecule has 2 atom stereocenters. The zero-order valence-corrected chi connectivity index (χ0v) is 10.8. The number of amides is 1. The number of hydrogen-bond donors (Lipinski definition) is 3. The maximum atomic E-state index is 11.9. The van der Waals surface area contributed by atoms with E-state index in [0.29, 0.717) is 19.0 Å². The predicted molar refractivity (Wildman–Crippen MR) is 72.5 cm³/mol. The van der Waals surface area contributed by atoms with Crippen molar-refractivity contribution < 1.29 is 4.79 Å². The molecular formula is C14H21N3O. The van der Waals surface area contributed by atoms with Gasteiger partial charge in [-0.15, -0.1) is 0 Å². The molecule has 0 spiro atoms. The Morgan fingerprint density at radius 2 is 2.17 bits per heavy atom. The Kier molecular flexibility index (Phi) is 4.73. The van der Waals surface area contributed by atoms with E-state index in [2.05, 4.69) is 35.0 Å². The Morgan fingerprint density at radius 1 is 1.39 bits per heavy atom. The van der Waals surface area contributed by atoms with Crippen molar-refractivity contribution in [3.63, 3.8) is 0 Å². The molecule has 98 valence electrons. The maximum Gasteiger partial charge on any atom is 0.238 e. The van der Waals surface area contributed by atoms with E-state index in [-0.39, 0.29) is 11.9 Å². The molecule has 1 heterocycles. The average Bonchev–Trinajstić information content (AvgIpc) is 2.46. The van der Waals surface area contributed by atoms with Gasteiger partial charge in [-0.1, -0.05) is 37.3 Å². The highest BCUT2D eigenvalue weighted by Gasteiger charge is 2.20.